The Bertz CT molecular complexity index is 545. The summed E-state index contributed by atoms with van der Waals surface area (Å²) in [5, 5.41) is 9.53. The van der Waals surface area contributed by atoms with Gasteiger partial charge in [-0.2, -0.15) is 0 Å². The first-order valence-electron chi connectivity index (χ1n) is 7.20. The minimum Gasteiger partial charge on any atom is -0.492 e. The SMILES string of the molecule is Cc1cc(Br)c(OCC2CCC2)c(C2(C(=O)O)CC2)c1. The van der Waals surface area contributed by atoms with Gasteiger partial charge in [0.2, 0.25) is 0 Å². The van der Waals surface area contributed by atoms with Crippen molar-refractivity contribution in [1.29, 1.82) is 0 Å². The van der Waals surface area contributed by atoms with Crippen molar-refractivity contribution in [3.05, 3.63) is 27.7 Å². The highest BCUT2D eigenvalue weighted by molar-refractivity contribution is 9.10. The van der Waals surface area contributed by atoms with Crippen molar-refractivity contribution in [1.82, 2.24) is 0 Å². The van der Waals surface area contributed by atoms with Crippen molar-refractivity contribution in [2.24, 2.45) is 5.92 Å². The van der Waals surface area contributed by atoms with Gasteiger partial charge in [-0.25, -0.2) is 0 Å². The maximum atomic E-state index is 11.6. The molecule has 4 heteroatoms. The van der Waals surface area contributed by atoms with E-state index in [0.717, 1.165) is 21.3 Å². The van der Waals surface area contributed by atoms with Crippen LogP contribution in [-0.2, 0) is 10.2 Å². The Kier molecular flexibility index (Phi) is 3.53. The predicted molar refractivity (Wildman–Crippen MR) is 80.3 cm³/mol. The minimum absolute atomic E-state index is 0.635. The highest BCUT2D eigenvalue weighted by atomic mass is 79.9. The molecule has 0 spiro atoms. The molecule has 1 aromatic carbocycles. The maximum absolute atomic E-state index is 11.6. The summed E-state index contributed by atoms with van der Waals surface area (Å²) in [7, 11) is 0. The molecule has 0 amide bonds. The topological polar surface area (TPSA) is 46.5 Å². The van der Waals surface area contributed by atoms with Crippen molar-refractivity contribution in [2.45, 2.75) is 44.4 Å². The summed E-state index contributed by atoms with van der Waals surface area (Å²) in [5.41, 5.74) is 1.19. The number of carbonyl (C=O) groups is 1. The van der Waals surface area contributed by atoms with E-state index < -0.39 is 11.4 Å². The molecule has 2 fully saturated rings. The van der Waals surface area contributed by atoms with Crippen LogP contribution < -0.4 is 4.74 Å². The molecule has 0 aliphatic heterocycles. The number of hydrogen-bond donors (Lipinski definition) is 1. The summed E-state index contributed by atoms with van der Waals surface area (Å²) in [5.74, 6) is 0.641. The largest absolute Gasteiger partial charge is 0.492 e. The first-order valence-corrected chi connectivity index (χ1v) is 7.99. The van der Waals surface area contributed by atoms with Gasteiger partial charge in [0.05, 0.1) is 16.5 Å². The Hall–Kier alpha value is -1.03. The summed E-state index contributed by atoms with van der Waals surface area (Å²) in [6.45, 7) is 2.69. The molecule has 1 N–H and O–H groups in total. The zero-order valence-electron chi connectivity index (χ0n) is 11.6. The van der Waals surface area contributed by atoms with Gasteiger partial charge in [0.25, 0.3) is 0 Å². The van der Waals surface area contributed by atoms with Crippen LogP contribution in [0.4, 0.5) is 0 Å². The maximum Gasteiger partial charge on any atom is 0.314 e. The van der Waals surface area contributed by atoms with Crippen molar-refractivity contribution < 1.29 is 14.6 Å². The molecule has 108 valence electrons. The van der Waals surface area contributed by atoms with Crippen LogP contribution in [0.15, 0.2) is 16.6 Å². The van der Waals surface area contributed by atoms with Crippen molar-refractivity contribution in [3.63, 3.8) is 0 Å². The lowest BCUT2D eigenvalue weighted by Crippen LogP contribution is -2.23. The quantitative estimate of drug-likeness (QED) is 0.880. The molecule has 1 aromatic rings. The van der Waals surface area contributed by atoms with Crippen molar-refractivity contribution in [2.75, 3.05) is 6.61 Å². The molecule has 20 heavy (non-hydrogen) atoms. The Morgan fingerprint density at radius 3 is 2.65 bits per heavy atom. The summed E-state index contributed by atoms with van der Waals surface area (Å²) >= 11 is 3.54. The number of aliphatic carboxylic acids is 1. The van der Waals surface area contributed by atoms with Crippen LogP contribution in [0.5, 0.6) is 5.75 Å². The Balaban J connectivity index is 1.92. The normalized spacial score (nSPS) is 20.3. The molecule has 3 nitrogen and oxygen atoms in total. The van der Waals surface area contributed by atoms with E-state index in [1.807, 2.05) is 19.1 Å². The molecule has 2 aliphatic rings. The van der Waals surface area contributed by atoms with Gasteiger partial charge in [-0.1, -0.05) is 12.5 Å². The number of benzene rings is 1. The summed E-state index contributed by atoms with van der Waals surface area (Å²) < 4.78 is 6.87. The fraction of sp³-hybridized carbons (Fsp3) is 0.562. The number of aryl methyl sites for hydroxylation is 1. The van der Waals surface area contributed by atoms with Gasteiger partial charge >= 0.3 is 5.97 Å². The van der Waals surface area contributed by atoms with E-state index in [0.29, 0.717) is 25.4 Å². The summed E-state index contributed by atoms with van der Waals surface area (Å²) in [4.78, 5) is 11.6. The van der Waals surface area contributed by atoms with Gasteiger partial charge in [0, 0.05) is 5.56 Å². The van der Waals surface area contributed by atoms with Crippen LogP contribution in [-0.4, -0.2) is 17.7 Å². The third-order valence-corrected chi connectivity index (χ3v) is 5.14. The molecule has 3 rings (SSSR count). The molecule has 0 heterocycles. The Morgan fingerprint density at radius 1 is 1.45 bits per heavy atom. The van der Waals surface area contributed by atoms with E-state index in [1.165, 1.54) is 19.3 Å². The highest BCUT2D eigenvalue weighted by Crippen LogP contribution is 2.53. The second-order valence-corrected chi connectivity index (χ2v) is 6.97. The molecular weight excluding hydrogens is 320 g/mol. The van der Waals surface area contributed by atoms with Crippen molar-refractivity contribution >= 4 is 21.9 Å². The molecule has 0 atom stereocenters. The number of rotatable bonds is 5. The molecule has 2 aliphatic carbocycles. The van der Waals surface area contributed by atoms with Gasteiger partial charge in [0.15, 0.2) is 0 Å². The third kappa shape index (κ3) is 2.34. The lowest BCUT2D eigenvalue weighted by atomic mass is 9.86. The van der Waals surface area contributed by atoms with E-state index in [1.54, 1.807) is 0 Å². The van der Waals surface area contributed by atoms with Gasteiger partial charge < -0.3 is 9.84 Å². The first kappa shape index (κ1) is 13.9. The van der Waals surface area contributed by atoms with Crippen LogP contribution >= 0.6 is 15.9 Å². The molecule has 0 radical (unpaired) electrons. The van der Waals surface area contributed by atoms with Crippen LogP contribution in [0, 0.1) is 12.8 Å². The second-order valence-electron chi connectivity index (χ2n) is 6.12. The van der Waals surface area contributed by atoms with E-state index in [4.69, 9.17) is 4.74 Å². The Labute approximate surface area is 127 Å². The molecular formula is C16H19BrO3. The second kappa shape index (κ2) is 5.06. The van der Waals surface area contributed by atoms with Gasteiger partial charge in [0.1, 0.15) is 5.75 Å². The number of ether oxygens (including phenoxy) is 1. The standard InChI is InChI=1S/C16H19BrO3/c1-10-7-12(16(5-6-16)15(18)19)14(13(17)8-10)20-9-11-3-2-4-11/h7-8,11H,2-6,9H2,1H3,(H,18,19). The van der Waals surface area contributed by atoms with Gasteiger partial charge in [-0.15, -0.1) is 0 Å². The fourth-order valence-corrected chi connectivity index (χ4v) is 3.50. The van der Waals surface area contributed by atoms with Crippen LogP contribution in [0.25, 0.3) is 0 Å². The zero-order valence-corrected chi connectivity index (χ0v) is 13.2. The smallest absolute Gasteiger partial charge is 0.314 e. The number of halogens is 1. The first-order chi connectivity index (χ1) is 9.53. The van der Waals surface area contributed by atoms with E-state index >= 15 is 0 Å². The molecule has 0 saturated heterocycles. The Morgan fingerprint density at radius 2 is 2.15 bits per heavy atom. The average molecular weight is 339 g/mol. The van der Waals surface area contributed by atoms with Crippen LogP contribution in [0.2, 0.25) is 0 Å². The molecule has 0 unspecified atom stereocenters. The van der Waals surface area contributed by atoms with Gasteiger partial charge in [-0.05, 0) is 66.1 Å². The lowest BCUT2D eigenvalue weighted by molar-refractivity contribution is -0.140. The lowest BCUT2D eigenvalue weighted by Gasteiger charge is -2.27. The predicted octanol–water partition coefficient (Wildman–Crippen LogP) is 4.05. The average Bonchev–Trinajstić information content (AvgIpc) is 3.10. The van der Waals surface area contributed by atoms with E-state index in [9.17, 15) is 9.90 Å². The summed E-state index contributed by atoms with van der Waals surface area (Å²) in [6, 6.07) is 3.97. The van der Waals surface area contributed by atoms with Gasteiger partial charge in [-0.3, -0.25) is 4.79 Å². The van der Waals surface area contributed by atoms with Crippen LogP contribution in [0.3, 0.4) is 0 Å². The van der Waals surface area contributed by atoms with Crippen molar-refractivity contribution in [3.8, 4) is 5.75 Å². The third-order valence-electron chi connectivity index (χ3n) is 4.55. The minimum atomic E-state index is -0.733. The monoisotopic (exact) mass is 338 g/mol. The summed E-state index contributed by atoms with van der Waals surface area (Å²) in [6.07, 6.45) is 5.15. The molecule has 0 bridgehead atoms. The number of carboxylic acids is 1. The van der Waals surface area contributed by atoms with E-state index in [-0.39, 0.29) is 0 Å². The number of hydrogen-bond acceptors (Lipinski definition) is 2. The fourth-order valence-electron chi connectivity index (χ4n) is 2.82. The molecule has 0 aromatic heterocycles. The number of carboxylic acid groups (broad SMARTS) is 1. The molecule has 2 saturated carbocycles. The van der Waals surface area contributed by atoms with Crippen LogP contribution in [0.1, 0.15) is 43.2 Å². The zero-order chi connectivity index (χ0) is 14.3. The van der Waals surface area contributed by atoms with E-state index in [2.05, 4.69) is 15.9 Å². The highest BCUT2D eigenvalue weighted by Gasteiger charge is 2.53.